The van der Waals surface area contributed by atoms with Gasteiger partial charge in [0.25, 0.3) is 11.8 Å². The Kier molecular flexibility index (Phi) is 7.13. The van der Waals surface area contributed by atoms with Crippen molar-refractivity contribution < 1.29 is 22.7 Å². The van der Waals surface area contributed by atoms with E-state index in [-0.39, 0.29) is 22.8 Å². The van der Waals surface area contributed by atoms with E-state index in [4.69, 9.17) is 4.74 Å². The fraction of sp³-hybridized carbons (Fsp3) is 0.263. The summed E-state index contributed by atoms with van der Waals surface area (Å²) < 4.78 is 28.9. The van der Waals surface area contributed by atoms with E-state index in [0.717, 1.165) is 5.69 Å². The monoisotopic (exact) mass is 405 g/mol. The molecule has 28 heavy (non-hydrogen) atoms. The predicted molar refractivity (Wildman–Crippen MR) is 106 cm³/mol. The van der Waals surface area contributed by atoms with Gasteiger partial charge in [0.15, 0.2) is 9.84 Å². The lowest BCUT2D eigenvalue weighted by molar-refractivity contribution is 0.0846. The Morgan fingerprint density at radius 2 is 1.57 bits per heavy atom. The maximum Gasteiger partial charge on any atom is 0.269 e. The molecule has 150 valence electrons. The molecule has 0 heterocycles. The molecule has 0 aliphatic carbocycles. The second kappa shape index (κ2) is 9.34. The van der Waals surface area contributed by atoms with Crippen LogP contribution in [0.5, 0.6) is 0 Å². The van der Waals surface area contributed by atoms with Crippen LogP contribution in [0.3, 0.4) is 0 Å². The summed E-state index contributed by atoms with van der Waals surface area (Å²) in [5, 5.41) is 0. The van der Waals surface area contributed by atoms with E-state index in [0.29, 0.717) is 5.56 Å². The number of rotatable bonds is 7. The molecule has 2 aromatic carbocycles. The van der Waals surface area contributed by atoms with Gasteiger partial charge in [-0.25, -0.2) is 8.42 Å². The van der Waals surface area contributed by atoms with Crippen molar-refractivity contribution in [2.24, 2.45) is 0 Å². The van der Waals surface area contributed by atoms with E-state index < -0.39 is 21.7 Å². The molecular weight excluding hydrogens is 382 g/mol. The van der Waals surface area contributed by atoms with Crippen LogP contribution in [0.2, 0.25) is 0 Å². The minimum atomic E-state index is -3.47. The van der Waals surface area contributed by atoms with Crippen LogP contribution in [0.4, 0.5) is 5.69 Å². The zero-order valence-electron chi connectivity index (χ0n) is 15.9. The zero-order chi connectivity index (χ0) is 20.7. The van der Waals surface area contributed by atoms with Crippen LogP contribution in [-0.4, -0.2) is 53.8 Å². The largest absolute Gasteiger partial charge is 0.384 e. The maximum absolute atomic E-state index is 12.2. The van der Waals surface area contributed by atoms with Gasteiger partial charge >= 0.3 is 0 Å². The van der Waals surface area contributed by atoms with Gasteiger partial charge < -0.3 is 9.64 Å². The molecule has 0 aliphatic rings. The van der Waals surface area contributed by atoms with Gasteiger partial charge in [-0.1, -0.05) is 6.07 Å². The maximum atomic E-state index is 12.2. The molecule has 2 N–H and O–H groups in total. The minimum absolute atomic E-state index is 0.0889. The number of hydrogen-bond donors (Lipinski definition) is 2. The first-order valence-corrected chi connectivity index (χ1v) is 10.1. The molecule has 0 fully saturated rings. The summed E-state index contributed by atoms with van der Waals surface area (Å²) in [6.07, 6.45) is 0. The molecule has 0 saturated carbocycles. The second-order valence-corrected chi connectivity index (χ2v) is 8.30. The highest BCUT2D eigenvalue weighted by Gasteiger charge is 2.15. The van der Waals surface area contributed by atoms with Crippen LogP contribution in [0.1, 0.15) is 20.7 Å². The number of nitrogens with one attached hydrogen (secondary N) is 2. The first-order chi connectivity index (χ1) is 13.2. The van der Waals surface area contributed by atoms with E-state index in [2.05, 4.69) is 10.9 Å². The van der Waals surface area contributed by atoms with Crippen molar-refractivity contribution in [3.8, 4) is 0 Å². The lowest BCUT2D eigenvalue weighted by Crippen LogP contribution is -2.41. The van der Waals surface area contributed by atoms with Crippen LogP contribution in [-0.2, 0) is 14.6 Å². The molecule has 8 nitrogen and oxygen atoms in total. The van der Waals surface area contributed by atoms with Crippen LogP contribution in [0, 0.1) is 0 Å². The zero-order valence-corrected chi connectivity index (χ0v) is 16.7. The van der Waals surface area contributed by atoms with Crippen molar-refractivity contribution in [3.63, 3.8) is 0 Å². The van der Waals surface area contributed by atoms with Gasteiger partial charge in [0.2, 0.25) is 0 Å². The van der Waals surface area contributed by atoms with Gasteiger partial charge in [0.05, 0.1) is 17.3 Å². The lowest BCUT2D eigenvalue weighted by Gasteiger charge is -2.13. The quantitative estimate of drug-likeness (QED) is 0.672. The van der Waals surface area contributed by atoms with E-state index in [1.807, 2.05) is 25.1 Å². The Morgan fingerprint density at radius 3 is 2.14 bits per heavy atom. The standard InChI is InChI=1S/C19H23N3O5S/c1-22(2)16-6-4-5-15(13-16)19(24)21-20-18(23)14-7-9-17(10-8-14)28(25,26)12-11-27-3/h4-10,13H,11-12H2,1-3H3,(H,20,23)(H,21,24). The number of carbonyl (C=O) groups is 2. The number of sulfone groups is 1. The molecule has 2 aromatic rings. The number of benzene rings is 2. The Balaban J connectivity index is 1.99. The molecule has 0 radical (unpaired) electrons. The Hall–Kier alpha value is -2.91. The highest BCUT2D eigenvalue weighted by Crippen LogP contribution is 2.14. The van der Waals surface area contributed by atoms with Crippen LogP contribution in [0.25, 0.3) is 0 Å². The number of amides is 2. The molecule has 0 unspecified atom stereocenters. The molecule has 0 saturated heterocycles. The summed E-state index contributed by atoms with van der Waals surface area (Å²) in [6, 6.07) is 12.4. The summed E-state index contributed by atoms with van der Waals surface area (Å²) in [5.74, 6) is -1.16. The number of ether oxygens (including phenoxy) is 1. The van der Waals surface area contributed by atoms with Crippen LogP contribution < -0.4 is 15.8 Å². The summed E-state index contributed by atoms with van der Waals surface area (Å²) in [5.41, 5.74) is 6.12. The summed E-state index contributed by atoms with van der Waals surface area (Å²) >= 11 is 0. The Labute approximate surface area is 164 Å². The lowest BCUT2D eigenvalue weighted by atomic mass is 10.2. The van der Waals surface area contributed by atoms with Crippen molar-refractivity contribution in [2.45, 2.75) is 4.90 Å². The first kappa shape index (κ1) is 21.4. The number of hydrazine groups is 1. The predicted octanol–water partition coefficient (Wildman–Crippen LogP) is 1.25. The van der Waals surface area contributed by atoms with E-state index in [1.54, 1.807) is 18.2 Å². The first-order valence-electron chi connectivity index (χ1n) is 8.44. The molecule has 9 heteroatoms. The average molecular weight is 405 g/mol. The molecule has 0 aliphatic heterocycles. The summed E-state index contributed by atoms with van der Waals surface area (Å²) in [7, 11) is 1.67. The molecule has 0 spiro atoms. The van der Waals surface area contributed by atoms with Crippen LogP contribution in [0.15, 0.2) is 53.4 Å². The third-order valence-electron chi connectivity index (χ3n) is 3.95. The average Bonchev–Trinajstić information content (AvgIpc) is 2.70. The normalized spacial score (nSPS) is 11.0. The van der Waals surface area contributed by atoms with Gasteiger partial charge in [0, 0.05) is 38.0 Å². The molecule has 0 atom stereocenters. The fourth-order valence-corrected chi connectivity index (χ4v) is 3.48. The van der Waals surface area contributed by atoms with Gasteiger partial charge in [-0.2, -0.15) is 0 Å². The van der Waals surface area contributed by atoms with Crippen molar-refractivity contribution in [3.05, 3.63) is 59.7 Å². The van der Waals surface area contributed by atoms with E-state index in [9.17, 15) is 18.0 Å². The number of anilines is 1. The molecule has 0 bridgehead atoms. The second-order valence-electron chi connectivity index (χ2n) is 6.19. The Bertz CT molecular complexity index is 940. The topological polar surface area (TPSA) is 105 Å². The number of methoxy groups -OCH3 is 1. The van der Waals surface area contributed by atoms with Gasteiger partial charge in [-0.05, 0) is 42.5 Å². The molecule has 0 aromatic heterocycles. The number of hydrogen-bond acceptors (Lipinski definition) is 6. The molecule has 2 rings (SSSR count). The van der Waals surface area contributed by atoms with E-state index >= 15 is 0 Å². The highest BCUT2D eigenvalue weighted by molar-refractivity contribution is 7.91. The van der Waals surface area contributed by atoms with Crippen LogP contribution >= 0.6 is 0 Å². The number of nitrogens with zero attached hydrogens (tertiary/aromatic N) is 1. The summed E-state index contributed by atoms with van der Waals surface area (Å²) in [6.45, 7) is 0.0889. The van der Waals surface area contributed by atoms with Crippen molar-refractivity contribution >= 4 is 27.3 Å². The third-order valence-corrected chi connectivity index (χ3v) is 5.64. The smallest absolute Gasteiger partial charge is 0.269 e. The van der Waals surface area contributed by atoms with Gasteiger partial charge in [0.1, 0.15) is 0 Å². The van der Waals surface area contributed by atoms with Crippen molar-refractivity contribution in [1.82, 2.24) is 10.9 Å². The third kappa shape index (κ3) is 5.54. The Morgan fingerprint density at radius 1 is 0.964 bits per heavy atom. The summed E-state index contributed by atoms with van der Waals surface area (Å²) in [4.78, 5) is 26.4. The van der Waals surface area contributed by atoms with Gasteiger partial charge in [-0.15, -0.1) is 0 Å². The van der Waals surface area contributed by atoms with Crippen molar-refractivity contribution in [2.75, 3.05) is 38.5 Å². The van der Waals surface area contributed by atoms with Crippen molar-refractivity contribution in [1.29, 1.82) is 0 Å². The minimum Gasteiger partial charge on any atom is -0.384 e. The highest BCUT2D eigenvalue weighted by atomic mass is 32.2. The molecule has 2 amide bonds. The SMILES string of the molecule is COCCS(=O)(=O)c1ccc(C(=O)NNC(=O)c2cccc(N(C)C)c2)cc1. The van der Waals surface area contributed by atoms with Gasteiger partial charge in [-0.3, -0.25) is 20.4 Å². The number of carbonyl (C=O) groups excluding carboxylic acids is 2. The fourth-order valence-electron chi connectivity index (χ4n) is 2.31. The molecular formula is C19H23N3O5S. The van der Waals surface area contributed by atoms with E-state index in [1.165, 1.54) is 31.4 Å².